The highest BCUT2D eigenvalue weighted by Crippen LogP contribution is 2.12. The minimum Gasteiger partial charge on any atom is -0.304 e. The summed E-state index contributed by atoms with van der Waals surface area (Å²) in [6.07, 6.45) is 0. The molecule has 0 radical (unpaired) electrons. The Morgan fingerprint density at radius 3 is 2.44 bits per heavy atom. The van der Waals surface area contributed by atoms with E-state index in [2.05, 4.69) is 22.9 Å². The molecule has 1 aromatic carbocycles. The van der Waals surface area contributed by atoms with E-state index in [0.29, 0.717) is 0 Å². The van der Waals surface area contributed by atoms with Crippen molar-refractivity contribution in [3.8, 4) is 0 Å². The summed E-state index contributed by atoms with van der Waals surface area (Å²) in [4.78, 5) is 4.71. The zero-order valence-corrected chi connectivity index (χ0v) is 10.0. The number of likely N-dealkylation sites (N-methyl/N-ethyl adjacent to an activating group) is 1. The van der Waals surface area contributed by atoms with Gasteiger partial charge in [-0.2, -0.15) is 0 Å². The lowest BCUT2D eigenvalue weighted by Crippen LogP contribution is -2.43. The molecule has 1 heterocycles. The number of rotatable bonds is 2. The Morgan fingerprint density at radius 2 is 1.81 bits per heavy atom. The number of benzene rings is 1. The predicted molar refractivity (Wildman–Crippen MR) is 63.9 cm³/mol. The van der Waals surface area contributed by atoms with Gasteiger partial charge in [-0.05, 0) is 37.2 Å². The predicted octanol–water partition coefficient (Wildman–Crippen LogP) is 1.88. The zero-order chi connectivity index (χ0) is 11.5. The van der Waals surface area contributed by atoms with Gasteiger partial charge in [0.1, 0.15) is 5.82 Å². The van der Waals surface area contributed by atoms with E-state index in [4.69, 9.17) is 0 Å². The maximum Gasteiger partial charge on any atom is 0.123 e. The Balaban J connectivity index is 1.98. The van der Waals surface area contributed by atoms with Crippen molar-refractivity contribution < 1.29 is 4.39 Å². The molecular formula is C13H19FN2. The first-order chi connectivity index (χ1) is 7.63. The quantitative estimate of drug-likeness (QED) is 0.754. The van der Waals surface area contributed by atoms with E-state index in [1.165, 1.54) is 0 Å². The van der Waals surface area contributed by atoms with Gasteiger partial charge in [-0.25, -0.2) is 4.39 Å². The van der Waals surface area contributed by atoms with Crippen LogP contribution in [0.25, 0.3) is 0 Å². The van der Waals surface area contributed by atoms with Crippen molar-refractivity contribution in [1.29, 1.82) is 0 Å². The number of halogens is 1. The maximum absolute atomic E-state index is 13.2. The summed E-state index contributed by atoms with van der Waals surface area (Å²) >= 11 is 0. The molecule has 0 bridgehead atoms. The molecule has 0 amide bonds. The van der Waals surface area contributed by atoms with Gasteiger partial charge in [-0.3, -0.25) is 4.90 Å². The molecule has 1 aliphatic rings. The molecule has 0 unspecified atom stereocenters. The van der Waals surface area contributed by atoms with Crippen LogP contribution in [0.2, 0.25) is 0 Å². The molecule has 2 nitrogen and oxygen atoms in total. The van der Waals surface area contributed by atoms with Crippen LogP contribution in [0.5, 0.6) is 0 Å². The van der Waals surface area contributed by atoms with E-state index in [9.17, 15) is 4.39 Å². The average Bonchev–Trinajstić information content (AvgIpc) is 2.20. The third kappa shape index (κ3) is 3.03. The first-order valence-electron chi connectivity index (χ1n) is 5.80. The molecule has 0 spiro atoms. The summed E-state index contributed by atoms with van der Waals surface area (Å²) < 4.78 is 13.2. The minimum atomic E-state index is -0.121. The molecule has 88 valence electrons. The Hall–Kier alpha value is -0.930. The van der Waals surface area contributed by atoms with Crippen molar-refractivity contribution in [1.82, 2.24) is 9.80 Å². The summed E-state index contributed by atoms with van der Waals surface area (Å²) in [5, 5.41) is 0. The molecule has 3 heteroatoms. The van der Waals surface area contributed by atoms with Crippen LogP contribution in [-0.2, 0) is 6.54 Å². The fourth-order valence-electron chi connectivity index (χ4n) is 2.17. The van der Waals surface area contributed by atoms with E-state index in [0.717, 1.165) is 43.9 Å². The van der Waals surface area contributed by atoms with Crippen LogP contribution in [0.1, 0.15) is 11.1 Å². The van der Waals surface area contributed by atoms with Crippen molar-refractivity contribution in [2.75, 3.05) is 33.2 Å². The number of hydrogen-bond donors (Lipinski definition) is 0. The topological polar surface area (TPSA) is 6.48 Å². The number of piperazine rings is 1. The molecular weight excluding hydrogens is 203 g/mol. The summed E-state index contributed by atoms with van der Waals surface area (Å²) in [6, 6.07) is 5.29. The summed E-state index contributed by atoms with van der Waals surface area (Å²) in [5.74, 6) is -0.121. The van der Waals surface area contributed by atoms with E-state index < -0.39 is 0 Å². The number of aryl methyl sites for hydroxylation is 1. The molecule has 0 atom stereocenters. The molecule has 0 saturated carbocycles. The third-order valence-electron chi connectivity index (χ3n) is 3.10. The van der Waals surface area contributed by atoms with E-state index in [1.54, 1.807) is 12.1 Å². The number of hydrogen-bond acceptors (Lipinski definition) is 2. The van der Waals surface area contributed by atoms with Crippen LogP contribution >= 0.6 is 0 Å². The Bertz CT molecular complexity index is 337. The highest BCUT2D eigenvalue weighted by atomic mass is 19.1. The van der Waals surface area contributed by atoms with Gasteiger partial charge in [0.15, 0.2) is 0 Å². The maximum atomic E-state index is 13.2. The molecule has 1 aliphatic heterocycles. The Labute approximate surface area is 96.7 Å². The van der Waals surface area contributed by atoms with E-state index in [-0.39, 0.29) is 5.82 Å². The highest BCUT2D eigenvalue weighted by Gasteiger charge is 2.14. The second-order valence-electron chi connectivity index (χ2n) is 4.72. The van der Waals surface area contributed by atoms with Gasteiger partial charge in [-0.1, -0.05) is 6.07 Å². The van der Waals surface area contributed by atoms with Gasteiger partial charge in [0.05, 0.1) is 0 Å². The van der Waals surface area contributed by atoms with Crippen molar-refractivity contribution in [3.05, 3.63) is 35.1 Å². The van der Waals surface area contributed by atoms with Gasteiger partial charge >= 0.3 is 0 Å². The van der Waals surface area contributed by atoms with Gasteiger partial charge < -0.3 is 4.90 Å². The monoisotopic (exact) mass is 222 g/mol. The summed E-state index contributed by atoms with van der Waals surface area (Å²) in [5.41, 5.74) is 2.09. The first kappa shape index (κ1) is 11.6. The Morgan fingerprint density at radius 1 is 1.12 bits per heavy atom. The number of nitrogens with zero attached hydrogens (tertiary/aromatic N) is 2. The van der Waals surface area contributed by atoms with Gasteiger partial charge in [0, 0.05) is 32.7 Å². The van der Waals surface area contributed by atoms with Crippen molar-refractivity contribution in [2.24, 2.45) is 0 Å². The SMILES string of the molecule is Cc1cc(F)cc(CN2CCN(C)CC2)c1. The van der Waals surface area contributed by atoms with Crippen LogP contribution < -0.4 is 0 Å². The van der Waals surface area contributed by atoms with Crippen molar-refractivity contribution in [3.63, 3.8) is 0 Å². The van der Waals surface area contributed by atoms with Crippen molar-refractivity contribution >= 4 is 0 Å². The molecule has 16 heavy (non-hydrogen) atoms. The summed E-state index contributed by atoms with van der Waals surface area (Å²) in [6.45, 7) is 7.17. The van der Waals surface area contributed by atoms with Gasteiger partial charge in [0.25, 0.3) is 0 Å². The smallest absolute Gasteiger partial charge is 0.123 e. The molecule has 0 aliphatic carbocycles. The standard InChI is InChI=1S/C13H19FN2/c1-11-7-12(9-13(14)8-11)10-16-5-3-15(2)4-6-16/h7-9H,3-6,10H2,1-2H3. The van der Waals surface area contributed by atoms with Crippen molar-refractivity contribution in [2.45, 2.75) is 13.5 Å². The first-order valence-corrected chi connectivity index (χ1v) is 5.80. The molecule has 0 N–H and O–H groups in total. The molecule has 1 aromatic rings. The Kier molecular flexibility index (Phi) is 3.56. The minimum absolute atomic E-state index is 0.121. The van der Waals surface area contributed by atoms with Crippen LogP contribution in [0.4, 0.5) is 4.39 Å². The second kappa shape index (κ2) is 4.93. The molecule has 1 fully saturated rings. The van der Waals surface area contributed by atoms with Crippen LogP contribution in [-0.4, -0.2) is 43.0 Å². The fourth-order valence-corrected chi connectivity index (χ4v) is 2.17. The molecule has 1 saturated heterocycles. The molecule has 0 aromatic heterocycles. The fraction of sp³-hybridized carbons (Fsp3) is 0.538. The normalized spacial score (nSPS) is 18.9. The highest BCUT2D eigenvalue weighted by molar-refractivity contribution is 5.23. The van der Waals surface area contributed by atoms with Crippen LogP contribution in [0, 0.1) is 12.7 Å². The molecule has 2 rings (SSSR count). The third-order valence-corrected chi connectivity index (χ3v) is 3.10. The van der Waals surface area contributed by atoms with Crippen LogP contribution in [0.15, 0.2) is 18.2 Å². The van der Waals surface area contributed by atoms with Crippen LogP contribution in [0.3, 0.4) is 0 Å². The lowest BCUT2D eigenvalue weighted by molar-refractivity contribution is 0.148. The van der Waals surface area contributed by atoms with Gasteiger partial charge in [-0.15, -0.1) is 0 Å². The summed E-state index contributed by atoms with van der Waals surface area (Å²) in [7, 11) is 2.14. The largest absolute Gasteiger partial charge is 0.304 e. The lowest BCUT2D eigenvalue weighted by Gasteiger charge is -2.32. The van der Waals surface area contributed by atoms with Gasteiger partial charge in [0.2, 0.25) is 0 Å². The average molecular weight is 222 g/mol. The zero-order valence-electron chi connectivity index (χ0n) is 10.0. The van der Waals surface area contributed by atoms with E-state index >= 15 is 0 Å². The second-order valence-corrected chi connectivity index (χ2v) is 4.72. The van der Waals surface area contributed by atoms with E-state index in [1.807, 2.05) is 6.92 Å². The lowest BCUT2D eigenvalue weighted by atomic mass is 10.1.